The van der Waals surface area contributed by atoms with Gasteiger partial charge in [0.05, 0.1) is 4.92 Å². The number of carbonyl (C=O) groups excluding carboxylic acids is 3. The second-order valence-corrected chi connectivity index (χ2v) is 7.12. The number of nitro groups is 1. The highest BCUT2D eigenvalue weighted by Crippen LogP contribution is 2.26. The monoisotopic (exact) mass is 383 g/mol. The molecule has 2 atom stereocenters. The zero-order valence-corrected chi connectivity index (χ0v) is 15.7. The van der Waals surface area contributed by atoms with Gasteiger partial charge in [0.2, 0.25) is 0 Å². The molecule has 0 aliphatic heterocycles. The highest BCUT2D eigenvalue weighted by molar-refractivity contribution is 8.00. The van der Waals surface area contributed by atoms with Crippen molar-refractivity contribution in [2.45, 2.75) is 50.0 Å². The van der Waals surface area contributed by atoms with Crippen molar-refractivity contribution in [3.05, 3.63) is 34.4 Å². The molecule has 2 N–H and O–H groups in total. The molecule has 0 aliphatic rings. The lowest BCUT2D eigenvalue weighted by Gasteiger charge is -2.16. The number of non-ortho nitro benzene ring substituents is 1. The van der Waals surface area contributed by atoms with Gasteiger partial charge in [0.25, 0.3) is 11.6 Å². The third-order valence-electron chi connectivity index (χ3n) is 3.01. The van der Waals surface area contributed by atoms with Gasteiger partial charge < -0.3 is 10.1 Å². The molecule has 0 aliphatic carbocycles. The molecule has 26 heavy (non-hydrogen) atoms. The quantitative estimate of drug-likeness (QED) is 0.320. The van der Waals surface area contributed by atoms with Crippen molar-refractivity contribution >= 4 is 35.4 Å². The molecule has 0 saturated heterocycles. The second kappa shape index (κ2) is 9.76. The summed E-state index contributed by atoms with van der Waals surface area (Å²) in [5.41, 5.74) is -0.0467. The van der Waals surface area contributed by atoms with Crippen LogP contribution in [0.4, 0.5) is 10.5 Å². The van der Waals surface area contributed by atoms with Crippen LogP contribution in [-0.4, -0.2) is 40.2 Å². The molecule has 0 unspecified atom stereocenters. The molecule has 9 nitrogen and oxygen atoms in total. The standard InChI is InChI=1S/C16H21N3O6S/c1-9(2)17-16(22)18-14(20)10(3)25-15(21)11(4)26-13-7-5-12(6-8-13)19(23)24/h5-11H,1-4H3,(H2,17,18,20,22)/t10-,11-/m1/s1. The van der Waals surface area contributed by atoms with Crippen molar-refractivity contribution in [1.82, 2.24) is 10.6 Å². The number of ether oxygens (including phenoxy) is 1. The Morgan fingerprint density at radius 2 is 1.69 bits per heavy atom. The first-order valence-electron chi connectivity index (χ1n) is 7.83. The fourth-order valence-electron chi connectivity index (χ4n) is 1.73. The number of rotatable bonds is 7. The van der Waals surface area contributed by atoms with E-state index in [1.807, 2.05) is 0 Å². The molecule has 0 spiro atoms. The predicted octanol–water partition coefficient (Wildman–Crippen LogP) is 2.24. The summed E-state index contributed by atoms with van der Waals surface area (Å²) >= 11 is 1.14. The third kappa shape index (κ3) is 7.09. The maximum Gasteiger partial charge on any atom is 0.321 e. The van der Waals surface area contributed by atoms with Crippen LogP contribution in [0.2, 0.25) is 0 Å². The van der Waals surface area contributed by atoms with Gasteiger partial charge in [-0.1, -0.05) is 0 Å². The minimum absolute atomic E-state index is 0.0467. The van der Waals surface area contributed by atoms with E-state index in [1.54, 1.807) is 20.8 Å². The van der Waals surface area contributed by atoms with E-state index in [2.05, 4.69) is 10.6 Å². The maximum absolute atomic E-state index is 12.1. The van der Waals surface area contributed by atoms with E-state index in [-0.39, 0.29) is 11.7 Å². The molecule has 10 heteroatoms. The zero-order chi connectivity index (χ0) is 19.9. The molecule has 0 bridgehead atoms. The Balaban J connectivity index is 2.53. The minimum atomic E-state index is -1.14. The summed E-state index contributed by atoms with van der Waals surface area (Å²) in [6, 6.07) is 4.92. The van der Waals surface area contributed by atoms with Crippen LogP contribution in [0.3, 0.4) is 0 Å². The number of hydrogen-bond donors (Lipinski definition) is 2. The van der Waals surface area contributed by atoms with Gasteiger partial charge in [-0.3, -0.25) is 25.0 Å². The number of nitrogens with zero attached hydrogens (tertiary/aromatic N) is 1. The maximum atomic E-state index is 12.1. The van der Waals surface area contributed by atoms with Gasteiger partial charge in [-0.15, -0.1) is 11.8 Å². The number of amides is 3. The number of urea groups is 1. The second-order valence-electron chi connectivity index (χ2n) is 5.71. The summed E-state index contributed by atoms with van der Waals surface area (Å²) in [5.74, 6) is -1.37. The van der Waals surface area contributed by atoms with Crippen molar-refractivity contribution in [3.8, 4) is 0 Å². The number of thioether (sulfide) groups is 1. The molecule has 142 valence electrons. The molecule has 0 fully saturated rings. The van der Waals surface area contributed by atoms with E-state index in [0.717, 1.165) is 11.8 Å². The Hall–Kier alpha value is -2.62. The SMILES string of the molecule is CC(C)NC(=O)NC(=O)[C@@H](C)OC(=O)[C@@H](C)Sc1ccc([N+](=O)[O-])cc1. The summed E-state index contributed by atoms with van der Waals surface area (Å²) in [4.78, 5) is 46.1. The van der Waals surface area contributed by atoms with Crippen molar-refractivity contribution in [1.29, 1.82) is 0 Å². The van der Waals surface area contributed by atoms with Gasteiger partial charge in [0.1, 0.15) is 5.25 Å². The topological polar surface area (TPSA) is 128 Å². The van der Waals surface area contributed by atoms with E-state index < -0.39 is 34.2 Å². The lowest BCUT2D eigenvalue weighted by atomic mass is 10.3. The Labute approximate surface area is 155 Å². The van der Waals surface area contributed by atoms with Crippen LogP contribution in [-0.2, 0) is 14.3 Å². The lowest BCUT2D eigenvalue weighted by molar-refractivity contribution is -0.384. The number of carbonyl (C=O) groups is 3. The summed E-state index contributed by atoms with van der Waals surface area (Å²) in [6.07, 6.45) is -1.14. The number of imide groups is 1. The van der Waals surface area contributed by atoms with Gasteiger partial charge >= 0.3 is 12.0 Å². The fraction of sp³-hybridized carbons (Fsp3) is 0.438. The Morgan fingerprint density at radius 3 is 2.19 bits per heavy atom. The molecule has 0 radical (unpaired) electrons. The average Bonchev–Trinajstić information content (AvgIpc) is 2.54. The zero-order valence-electron chi connectivity index (χ0n) is 14.8. The van der Waals surface area contributed by atoms with E-state index in [0.29, 0.717) is 4.90 Å². The molecular weight excluding hydrogens is 362 g/mol. The molecule has 0 aromatic heterocycles. The highest BCUT2D eigenvalue weighted by Gasteiger charge is 2.24. The molecule has 0 heterocycles. The Bertz CT molecular complexity index is 677. The van der Waals surface area contributed by atoms with Gasteiger partial charge in [0.15, 0.2) is 6.10 Å². The van der Waals surface area contributed by atoms with Gasteiger partial charge in [-0.05, 0) is 39.8 Å². The summed E-state index contributed by atoms with van der Waals surface area (Å²) in [6.45, 7) is 6.43. The molecular formula is C16H21N3O6S. The Kier molecular flexibility index (Phi) is 8.04. The first-order chi connectivity index (χ1) is 12.1. The number of esters is 1. The average molecular weight is 383 g/mol. The molecule has 3 amide bonds. The van der Waals surface area contributed by atoms with Crippen LogP contribution in [0.5, 0.6) is 0 Å². The summed E-state index contributed by atoms with van der Waals surface area (Å²) in [5, 5.41) is 14.6. The van der Waals surface area contributed by atoms with Crippen molar-refractivity contribution in [2.24, 2.45) is 0 Å². The third-order valence-corrected chi connectivity index (χ3v) is 4.10. The largest absolute Gasteiger partial charge is 0.452 e. The highest BCUT2D eigenvalue weighted by atomic mass is 32.2. The van der Waals surface area contributed by atoms with Crippen LogP contribution in [0, 0.1) is 10.1 Å². The summed E-state index contributed by atoms with van der Waals surface area (Å²) < 4.78 is 5.05. The number of nitro benzene ring substituents is 1. The van der Waals surface area contributed by atoms with E-state index in [9.17, 15) is 24.5 Å². The van der Waals surface area contributed by atoms with E-state index in [1.165, 1.54) is 31.2 Å². The van der Waals surface area contributed by atoms with Crippen molar-refractivity contribution < 1.29 is 24.0 Å². The van der Waals surface area contributed by atoms with Crippen LogP contribution < -0.4 is 10.6 Å². The number of benzene rings is 1. The van der Waals surface area contributed by atoms with Gasteiger partial charge in [0, 0.05) is 23.1 Å². The van der Waals surface area contributed by atoms with E-state index >= 15 is 0 Å². The van der Waals surface area contributed by atoms with Crippen LogP contribution in [0.1, 0.15) is 27.7 Å². The van der Waals surface area contributed by atoms with Gasteiger partial charge in [-0.2, -0.15) is 0 Å². The van der Waals surface area contributed by atoms with Crippen molar-refractivity contribution in [2.75, 3.05) is 0 Å². The van der Waals surface area contributed by atoms with Crippen LogP contribution in [0.25, 0.3) is 0 Å². The van der Waals surface area contributed by atoms with Gasteiger partial charge in [-0.25, -0.2) is 4.79 Å². The molecule has 1 aromatic carbocycles. The lowest BCUT2D eigenvalue weighted by Crippen LogP contribution is -2.46. The smallest absolute Gasteiger partial charge is 0.321 e. The summed E-state index contributed by atoms with van der Waals surface area (Å²) in [7, 11) is 0. The molecule has 1 aromatic rings. The molecule has 0 saturated carbocycles. The van der Waals surface area contributed by atoms with Crippen LogP contribution >= 0.6 is 11.8 Å². The van der Waals surface area contributed by atoms with Crippen LogP contribution in [0.15, 0.2) is 29.2 Å². The predicted molar refractivity (Wildman–Crippen MR) is 95.8 cm³/mol. The number of hydrogen-bond acceptors (Lipinski definition) is 7. The number of nitrogens with one attached hydrogen (secondary N) is 2. The first-order valence-corrected chi connectivity index (χ1v) is 8.71. The van der Waals surface area contributed by atoms with Crippen molar-refractivity contribution in [3.63, 3.8) is 0 Å². The first kappa shape index (κ1) is 21.4. The normalized spacial score (nSPS) is 12.8. The fourth-order valence-corrected chi connectivity index (χ4v) is 2.59. The molecule has 1 rings (SSSR count). The Morgan fingerprint density at radius 1 is 1.12 bits per heavy atom. The minimum Gasteiger partial charge on any atom is -0.452 e. The van der Waals surface area contributed by atoms with E-state index in [4.69, 9.17) is 4.74 Å².